The molecule has 1 saturated heterocycles. The zero-order valence-electron chi connectivity index (χ0n) is 8.41. The first kappa shape index (κ1) is 9.78. The van der Waals surface area contributed by atoms with Gasteiger partial charge in [0, 0.05) is 19.3 Å². The lowest BCUT2D eigenvalue weighted by atomic mass is 10.1. The minimum Gasteiger partial charge on any atom is -0.355 e. The Bertz CT molecular complexity index is 314. The summed E-state index contributed by atoms with van der Waals surface area (Å²) in [5.74, 6) is 1.07. The Hall–Kier alpha value is -0.760. The van der Waals surface area contributed by atoms with E-state index < -0.39 is 0 Å². The van der Waals surface area contributed by atoms with Gasteiger partial charge in [-0.05, 0) is 37.5 Å². The van der Waals surface area contributed by atoms with Crippen molar-refractivity contribution in [3.63, 3.8) is 0 Å². The topological polar surface area (TPSA) is 16.1 Å². The van der Waals surface area contributed by atoms with Crippen molar-refractivity contribution in [2.75, 3.05) is 18.0 Å². The smallest absolute Gasteiger partial charge is 0.128 e. The zero-order chi connectivity index (χ0) is 9.97. The number of aryl methyl sites for hydroxylation is 1. The van der Waals surface area contributed by atoms with E-state index in [1.165, 1.54) is 12.0 Å². The van der Waals surface area contributed by atoms with Gasteiger partial charge in [0.15, 0.2) is 0 Å². The van der Waals surface area contributed by atoms with Crippen molar-refractivity contribution >= 4 is 17.4 Å². The molecule has 1 fully saturated rings. The maximum absolute atomic E-state index is 6.13. The second kappa shape index (κ2) is 4.18. The molecule has 2 heterocycles. The number of halogens is 1. The van der Waals surface area contributed by atoms with E-state index in [4.69, 9.17) is 11.6 Å². The third-order valence-electron chi connectivity index (χ3n) is 2.59. The third-order valence-corrected chi connectivity index (χ3v) is 2.95. The standard InChI is InChI=1S/C11H15ClN2/c1-9-4-5-13-11(7-9)14-6-2-3-10(12)8-14/h4-5,7,10H,2-3,6,8H2,1H3. The Morgan fingerprint density at radius 3 is 3.14 bits per heavy atom. The maximum atomic E-state index is 6.13. The molecule has 76 valence electrons. The summed E-state index contributed by atoms with van der Waals surface area (Å²) in [6, 6.07) is 4.14. The molecule has 1 aliphatic rings. The highest BCUT2D eigenvalue weighted by molar-refractivity contribution is 6.21. The van der Waals surface area contributed by atoms with Crippen LogP contribution >= 0.6 is 11.6 Å². The molecule has 14 heavy (non-hydrogen) atoms. The van der Waals surface area contributed by atoms with Gasteiger partial charge in [-0.2, -0.15) is 0 Å². The molecular formula is C11H15ClN2. The van der Waals surface area contributed by atoms with Gasteiger partial charge in [0.2, 0.25) is 0 Å². The highest BCUT2D eigenvalue weighted by Crippen LogP contribution is 2.20. The summed E-state index contributed by atoms with van der Waals surface area (Å²) in [6.07, 6.45) is 4.16. The first-order chi connectivity index (χ1) is 6.75. The number of alkyl halides is 1. The Kier molecular flexibility index (Phi) is 2.92. The Balaban J connectivity index is 2.14. The van der Waals surface area contributed by atoms with Crippen LogP contribution in [0.4, 0.5) is 5.82 Å². The van der Waals surface area contributed by atoms with Gasteiger partial charge in [0.1, 0.15) is 5.82 Å². The number of hydrogen-bond acceptors (Lipinski definition) is 2. The molecule has 0 amide bonds. The second-order valence-electron chi connectivity index (χ2n) is 3.88. The fourth-order valence-corrected chi connectivity index (χ4v) is 2.15. The molecule has 1 aromatic heterocycles. The van der Waals surface area contributed by atoms with Crippen molar-refractivity contribution in [1.29, 1.82) is 0 Å². The van der Waals surface area contributed by atoms with Crippen molar-refractivity contribution in [2.45, 2.75) is 25.1 Å². The first-order valence-electron chi connectivity index (χ1n) is 5.07. The maximum Gasteiger partial charge on any atom is 0.128 e. The van der Waals surface area contributed by atoms with Crippen molar-refractivity contribution in [1.82, 2.24) is 4.98 Å². The summed E-state index contributed by atoms with van der Waals surface area (Å²) >= 11 is 6.13. The average molecular weight is 211 g/mol. The molecule has 1 aromatic rings. The van der Waals surface area contributed by atoms with Gasteiger partial charge in [-0.15, -0.1) is 11.6 Å². The van der Waals surface area contributed by atoms with Gasteiger partial charge < -0.3 is 4.90 Å². The number of hydrogen-bond donors (Lipinski definition) is 0. The molecule has 0 spiro atoms. The molecule has 0 radical (unpaired) electrons. The summed E-state index contributed by atoms with van der Waals surface area (Å²) < 4.78 is 0. The van der Waals surface area contributed by atoms with Crippen LogP contribution in [0.3, 0.4) is 0 Å². The van der Waals surface area contributed by atoms with Gasteiger partial charge in [0.25, 0.3) is 0 Å². The van der Waals surface area contributed by atoms with Crippen LogP contribution in [0.25, 0.3) is 0 Å². The Labute approximate surface area is 89.9 Å². The van der Waals surface area contributed by atoms with Crippen LogP contribution in [-0.4, -0.2) is 23.5 Å². The van der Waals surface area contributed by atoms with Crippen LogP contribution in [0.2, 0.25) is 0 Å². The van der Waals surface area contributed by atoms with Gasteiger partial charge in [0.05, 0.1) is 5.38 Å². The molecule has 0 saturated carbocycles. The summed E-state index contributed by atoms with van der Waals surface area (Å²) in [7, 11) is 0. The number of nitrogens with zero attached hydrogens (tertiary/aromatic N) is 2. The van der Waals surface area contributed by atoms with Gasteiger partial charge in [-0.3, -0.25) is 0 Å². The molecule has 0 bridgehead atoms. The zero-order valence-corrected chi connectivity index (χ0v) is 9.17. The van der Waals surface area contributed by atoms with Crippen molar-refractivity contribution in [3.8, 4) is 0 Å². The predicted octanol–water partition coefficient (Wildman–Crippen LogP) is 2.60. The number of piperidine rings is 1. The molecule has 1 unspecified atom stereocenters. The number of pyridine rings is 1. The van der Waals surface area contributed by atoms with E-state index in [0.29, 0.717) is 0 Å². The van der Waals surface area contributed by atoms with Crippen LogP contribution in [0, 0.1) is 6.92 Å². The number of aromatic nitrogens is 1. The average Bonchev–Trinajstić information content (AvgIpc) is 2.18. The largest absolute Gasteiger partial charge is 0.355 e. The van der Waals surface area contributed by atoms with E-state index in [1.807, 2.05) is 12.3 Å². The van der Waals surface area contributed by atoms with Crippen LogP contribution in [0.15, 0.2) is 18.3 Å². The molecule has 2 nitrogen and oxygen atoms in total. The molecule has 3 heteroatoms. The SMILES string of the molecule is Cc1ccnc(N2CCCC(Cl)C2)c1. The summed E-state index contributed by atoms with van der Waals surface area (Å²) in [6.45, 7) is 4.10. The van der Waals surface area contributed by atoms with Crippen LogP contribution < -0.4 is 4.90 Å². The summed E-state index contributed by atoms with van der Waals surface area (Å²) in [5, 5.41) is 0.283. The van der Waals surface area contributed by atoms with Crippen LogP contribution in [0.5, 0.6) is 0 Å². The lowest BCUT2D eigenvalue weighted by Crippen LogP contribution is -2.36. The van der Waals surface area contributed by atoms with Crippen LogP contribution in [0.1, 0.15) is 18.4 Å². The molecule has 1 atom stereocenters. The van der Waals surface area contributed by atoms with Gasteiger partial charge in [-0.1, -0.05) is 0 Å². The fourth-order valence-electron chi connectivity index (χ4n) is 1.83. The molecular weight excluding hydrogens is 196 g/mol. The highest BCUT2D eigenvalue weighted by atomic mass is 35.5. The van der Waals surface area contributed by atoms with E-state index >= 15 is 0 Å². The third kappa shape index (κ3) is 2.18. The lowest BCUT2D eigenvalue weighted by Gasteiger charge is -2.30. The van der Waals surface area contributed by atoms with Gasteiger partial charge in [-0.25, -0.2) is 4.98 Å². The Morgan fingerprint density at radius 2 is 2.43 bits per heavy atom. The summed E-state index contributed by atoms with van der Waals surface area (Å²) in [5.41, 5.74) is 1.26. The number of rotatable bonds is 1. The van der Waals surface area contributed by atoms with E-state index in [1.54, 1.807) is 0 Å². The number of anilines is 1. The molecule has 2 rings (SSSR count). The lowest BCUT2D eigenvalue weighted by molar-refractivity contribution is 0.580. The minimum absolute atomic E-state index is 0.283. The molecule has 0 aromatic carbocycles. The van der Waals surface area contributed by atoms with E-state index in [9.17, 15) is 0 Å². The fraction of sp³-hybridized carbons (Fsp3) is 0.545. The van der Waals surface area contributed by atoms with Gasteiger partial charge >= 0.3 is 0 Å². The van der Waals surface area contributed by atoms with E-state index in [0.717, 1.165) is 25.3 Å². The Morgan fingerprint density at radius 1 is 1.57 bits per heavy atom. The van der Waals surface area contributed by atoms with Crippen molar-refractivity contribution in [3.05, 3.63) is 23.9 Å². The van der Waals surface area contributed by atoms with Crippen molar-refractivity contribution < 1.29 is 0 Å². The van der Waals surface area contributed by atoms with Crippen LogP contribution in [-0.2, 0) is 0 Å². The van der Waals surface area contributed by atoms with Crippen molar-refractivity contribution in [2.24, 2.45) is 0 Å². The normalized spacial score (nSPS) is 22.4. The molecule has 0 aliphatic carbocycles. The van der Waals surface area contributed by atoms with E-state index in [-0.39, 0.29) is 5.38 Å². The molecule has 1 aliphatic heterocycles. The first-order valence-corrected chi connectivity index (χ1v) is 5.51. The van der Waals surface area contributed by atoms with E-state index in [2.05, 4.69) is 22.9 Å². The monoisotopic (exact) mass is 210 g/mol. The quantitative estimate of drug-likeness (QED) is 0.663. The minimum atomic E-state index is 0.283. The summed E-state index contributed by atoms with van der Waals surface area (Å²) in [4.78, 5) is 6.64. The predicted molar refractivity (Wildman–Crippen MR) is 60.1 cm³/mol. The highest BCUT2D eigenvalue weighted by Gasteiger charge is 2.18. The second-order valence-corrected chi connectivity index (χ2v) is 4.49. The molecule has 0 N–H and O–H groups in total.